The molecule has 0 fully saturated rings. The van der Waals surface area contributed by atoms with Gasteiger partial charge in [0.1, 0.15) is 23.0 Å². The number of esters is 5. The molecule has 90 heavy (non-hydrogen) atoms. The molecule has 1 unspecified atom stereocenters. The molecule has 0 N–H and O–H groups in total. The van der Waals surface area contributed by atoms with Crippen LogP contribution >= 0.6 is 0 Å². The molecule has 428 valence electrons. The van der Waals surface area contributed by atoms with E-state index in [1.165, 1.54) is 20.8 Å². The number of hydrogen-bond donors (Lipinski definition) is 0. The summed E-state index contributed by atoms with van der Waals surface area (Å²) in [5, 5.41) is 0. The molecule has 4 rings (SSSR count). The Kier molecular flexibility index (Phi) is 29.5. The first-order chi connectivity index (χ1) is 43.5. The third-order valence-electron chi connectivity index (χ3n) is 11.3. The fraction of sp³-hybridized carbons (Fsp3) is 0.152. The van der Waals surface area contributed by atoms with Gasteiger partial charge in [-0.2, -0.15) is 0 Å². The summed E-state index contributed by atoms with van der Waals surface area (Å²) in [5.74, 6) is -1.65. The first-order valence-electron chi connectivity index (χ1n) is 26.4. The largest absolute Gasteiger partial charge is 0.463 e. The van der Waals surface area contributed by atoms with E-state index >= 15 is 0 Å². The standard InChI is InChI=1S/C79H46O11/c1-9-10-11-12-13-14-15-16-17-18-19-20-21-22-23-24-25-26-27-28-29-30-31-32-33-34-35-36-37-38-39-40-41-42-77(89-75(83)59-61-78(7,67-43-51-71(52-44-67)85-63(2)3)68-45-53-72(54-46-68)86-64(4)80)90-76(84)60-62-79(8,69-47-55-73(56-48-69)87-65(5)81)70-49-57-74(58-50-70)88-66(6)82/h43-58H,1-2,59-62H2,3-8H3. The summed E-state index contributed by atoms with van der Waals surface area (Å²) in [7, 11) is 0. The molecule has 0 aliphatic rings. The molecular weight excluding hydrogens is 1120 g/mol. The van der Waals surface area contributed by atoms with Gasteiger partial charge in [0.25, 0.3) is 0 Å². The molecule has 0 aliphatic heterocycles. The van der Waals surface area contributed by atoms with E-state index in [4.69, 9.17) is 28.4 Å². The lowest BCUT2D eigenvalue weighted by atomic mass is 9.73. The quantitative estimate of drug-likeness (QED) is 0.0432. The zero-order valence-electron chi connectivity index (χ0n) is 49.5. The number of rotatable bonds is 17. The molecule has 0 saturated heterocycles. The maximum Gasteiger partial charge on any atom is 0.352 e. The highest BCUT2D eigenvalue weighted by Gasteiger charge is 2.33. The van der Waals surface area contributed by atoms with Crippen LogP contribution in [-0.4, -0.2) is 29.8 Å². The van der Waals surface area contributed by atoms with E-state index in [0.29, 0.717) is 28.8 Å². The van der Waals surface area contributed by atoms with E-state index < -0.39 is 46.6 Å². The first-order valence-corrected chi connectivity index (χ1v) is 26.4. The third-order valence-corrected chi connectivity index (χ3v) is 11.3. The third kappa shape index (κ3) is 27.0. The summed E-state index contributed by atoms with van der Waals surface area (Å²) in [5.41, 5.74) is 86.3. The van der Waals surface area contributed by atoms with Gasteiger partial charge >= 0.3 is 35.8 Å². The van der Waals surface area contributed by atoms with Crippen molar-refractivity contribution in [2.45, 2.75) is 78.1 Å². The van der Waals surface area contributed by atoms with E-state index in [0.717, 1.165) is 22.3 Å². The topological polar surface area (TPSA) is 141 Å². The van der Waals surface area contributed by atoms with E-state index in [2.05, 4.69) is 208 Å². The number of carbonyl (C=O) groups excluding carboxylic acids is 5. The minimum absolute atomic E-state index is 0.146. The van der Waals surface area contributed by atoms with Gasteiger partial charge in [0.15, 0.2) is 0 Å². The van der Waals surface area contributed by atoms with Gasteiger partial charge in [0.2, 0.25) is 0 Å². The molecule has 0 heterocycles. The lowest BCUT2D eigenvalue weighted by Crippen LogP contribution is -2.26. The average molecular weight is 1170 g/mol. The van der Waals surface area contributed by atoms with Crippen molar-refractivity contribution in [2.24, 2.45) is 0 Å². The van der Waals surface area contributed by atoms with Crippen LogP contribution in [0.25, 0.3) is 0 Å². The van der Waals surface area contributed by atoms with Crippen LogP contribution in [0.5, 0.6) is 23.0 Å². The molecule has 4 aromatic rings. The van der Waals surface area contributed by atoms with E-state index in [9.17, 15) is 24.0 Å². The highest BCUT2D eigenvalue weighted by atomic mass is 16.7. The molecule has 0 bridgehead atoms. The Morgan fingerprint density at radius 2 is 0.544 bits per heavy atom. The van der Waals surface area contributed by atoms with Crippen LogP contribution in [0.15, 0.2) is 317 Å². The zero-order chi connectivity index (χ0) is 65.1. The van der Waals surface area contributed by atoms with Crippen molar-refractivity contribution in [3.63, 3.8) is 0 Å². The van der Waals surface area contributed by atoms with Crippen LogP contribution in [0.2, 0.25) is 0 Å². The van der Waals surface area contributed by atoms with Crippen molar-refractivity contribution >= 4 is 29.8 Å². The van der Waals surface area contributed by atoms with Crippen LogP contribution < -0.4 is 18.9 Å². The Bertz CT molecular complexity index is 4690. The molecular formula is C79H46O11. The summed E-state index contributed by atoms with van der Waals surface area (Å²) < 4.78 is 32.8. The molecule has 11 nitrogen and oxygen atoms in total. The number of allylic oxidation sites excluding steroid dienone is 1. The Hall–Kier alpha value is -14.0. The van der Waals surface area contributed by atoms with Gasteiger partial charge in [-0.05, 0) is 189 Å². The maximum atomic E-state index is 13.9. The average Bonchev–Trinajstić information content (AvgIpc) is 0.845. The van der Waals surface area contributed by atoms with Gasteiger partial charge in [-0.1, -0.05) is 74.7 Å². The number of benzene rings is 4. The van der Waals surface area contributed by atoms with Gasteiger partial charge in [0, 0.05) is 142 Å². The summed E-state index contributed by atoms with van der Waals surface area (Å²) >= 11 is 0. The molecule has 0 aliphatic carbocycles. The molecule has 0 saturated carbocycles. The summed E-state index contributed by atoms with van der Waals surface area (Å²) in [4.78, 5) is 62.8. The number of hydrogen-bond acceptors (Lipinski definition) is 11. The Morgan fingerprint density at radius 3 is 0.756 bits per heavy atom. The second kappa shape index (κ2) is 38.7. The monoisotopic (exact) mass is 1170 g/mol. The van der Waals surface area contributed by atoms with E-state index in [1.807, 2.05) is 26.0 Å². The Balaban J connectivity index is 1.72. The normalized spacial score (nSPS) is 8.96. The van der Waals surface area contributed by atoms with Crippen molar-refractivity contribution in [3.8, 4) is 23.0 Å². The fourth-order valence-electron chi connectivity index (χ4n) is 7.32. The molecule has 0 aromatic heterocycles. The predicted octanol–water partition coefficient (Wildman–Crippen LogP) is 14.1. The van der Waals surface area contributed by atoms with Crippen molar-refractivity contribution in [1.29, 1.82) is 0 Å². The highest BCUT2D eigenvalue weighted by Crippen LogP contribution is 2.40. The van der Waals surface area contributed by atoms with Crippen LogP contribution in [-0.2, 0) is 44.3 Å². The maximum absolute atomic E-state index is 13.9. The fourth-order valence-corrected chi connectivity index (χ4v) is 7.32. The van der Waals surface area contributed by atoms with Crippen LogP contribution in [0.1, 0.15) is 89.5 Å². The Morgan fingerprint density at radius 1 is 0.333 bits per heavy atom. The second-order valence-electron chi connectivity index (χ2n) is 17.9. The SMILES string of the molecule is C=C=C=C=C=C=C=C=C=C=C=C=C=C=C=C=C=C=C=C=C=C=C=C=C=C=C=C=C=C=C=C=C=C=C=C(OC(=O)CCC(C)(c1ccc(OC(=C)C)cc1)c1ccc(OC(C)=O)cc1)OC(=O)CCC(C)(c1ccc(OC(C)=O)cc1)c1ccc(OC(C)=O)cc1. The van der Waals surface area contributed by atoms with Crippen LogP contribution in [0.4, 0.5) is 0 Å². The zero-order valence-corrected chi connectivity index (χ0v) is 49.5. The second-order valence-corrected chi connectivity index (χ2v) is 17.9. The molecule has 4 aromatic carbocycles. The van der Waals surface area contributed by atoms with Crippen molar-refractivity contribution in [2.75, 3.05) is 0 Å². The molecule has 0 spiro atoms. The van der Waals surface area contributed by atoms with E-state index in [-0.39, 0.29) is 25.7 Å². The molecule has 0 amide bonds. The van der Waals surface area contributed by atoms with Gasteiger partial charge in [0.05, 0.1) is 5.76 Å². The smallest absolute Gasteiger partial charge is 0.352 e. The lowest BCUT2D eigenvalue weighted by Gasteiger charge is -2.31. The Labute approximate surface area is 519 Å². The number of carbonyl (C=O) groups is 5. The molecule has 1 atom stereocenters. The van der Waals surface area contributed by atoms with Crippen molar-refractivity contribution < 1.29 is 52.4 Å². The van der Waals surface area contributed by atoms with Crippen LogP contribution in [0, 0.1) is 0 Å². The van der Waals surface area contributed by atoms with Crippen LogP contribution in [0.3, 0.4) is 0 Å². The van der Waals surface area contributed by atoms with E-state index in [1.54, 1.807) is 91.9 Å². The predicted molar refractivity (Wildman–Crippen MR) is 327 cm³/mol. The van der Waals surface area contributed by atoms with Gasteiger partial charge in [-0.15, -0.1) is 0 Å². The summed E-state index contributed by atoms with van der Waals surface area (Å²) in [6.07, 6.45) is -0.0928. The summed E-state index contributed by atoms with van der Waals surface area (Å²) in [6.45, 7) is 16.6. The minimum Gasteiger partial charge on any atom is -0.463 e. The molecule has 0 radical (unpaired) electrons. The first kappa shape index (κ1) is 68.5. The number of ether oxygens (including phenoxy) is 6. The van der Waals surface area contributed by atoms with Gasteiger partial charge in [-0.25, -0.2) is 0 Å². The van der Waals surface area contributed by atoms with Crippen molar-refractivity contribution in [1.82, 2.24) is 0 Å². The molecule has 11 heteroatoms. The summed E-state index contributed by atoms with van der Waals surface area (Å²) in [6, 6.07) is 27.8. The minimum atomic E-state index is -0.880. The lowest BCUT2D eigenvalue weighted by molar-refractivity contribution is -0.154. The highest BCUT2D eigenvalue weighted by molar-refractivity contribution is 5.74. The van der Waals surface area contributed by atoms with Crippen molar-refractivity contribution in [3.05, 3.63) is 339 Å². The van der Waals surface area contributed by atoms with Gasteiger partial charge < -0.3 is 28.4 Å². The van der Waals surface area contributed by atoms with Gasteiger partial charge in [-0.3, -0.25) is 24.0 Å².